The molecule has 1 fully saturated rings. The number of carbonyl (C=O) groups excluding carboxylic acids is 2. The molecule has 1 aliphatic carbocycles. The van der Waals surface area contributed by atoms with Gasteiger partial charge in [-0.1, -0.05) is 41.9 Å². The van der Waals surface area contributed by atoms with Crippen LogP contribution in [0.1, 0.15) is 47.3 Å². The van der Waals surface area contributed by atoms with E-state index in [1.807, 2.05) is 12.1 Å². The van der Waals surface area contributed by atoms with Crippen LogP contribution in [0.2, 0.25) is 10.0 Å². The van der Waals surface area contributed by atoms with Crippen molar-refractivity contribution in [2.75, 3.05) is 11.4 Å². The monoisotopic (exact) mass is 443 g/mol. The predicted octanol–water partition coefficient (Wildman–Crippen LogP) is 5.05. The highest BCUT2D eigenvalue weighted by atomic mass is 35.5. The van der Waals surface area contributed by atoms with E-state index in [0.29, 0.717) is 39.3 Å². The van der Waals surface area contributed by atoms with E-state index < -0.39 is 0 Å². The molecular weight excluding hydrogens is 421 g/mol. The summed E-state index contributed by atoms with van der Waals surface area (Å²) >= 11 is 12.4. The maximum atomic E-state index is 12.7. The zero-order chi connectivity index (χ0) is 21.4. The standard InChI is InChI=1S/C23H23Cl2N3O2/c1-13-18-4-3-5-20(25)21(18)28(23(13)30)12-15-6-8-17(9-7-15)27-22(29)19-10-16(24)11-26-14(19)2/h3-5,10-11,15,17H,1,6-9,12H2,2H3,(H,27,29). The molecule has 5 nitrogen and oxygen atoms in total. The predicted molar refractivity (Wildman–Crippen MR) is 120 cm³/mol. The van der Waals surface area contributed by atoms with E-state index in [4.69, 9.17) is 23.2 Å². The van der Waals surface area contributed by atoms with Crippen LogP contribution in [-0.2, 0) is 4.79 Å². The Morgan fingerprint density at radius 2 is 2.00 bits per heavy atom. The van der Waals surface area contributed by atoms with E-state index >= 15 is 0 Å². The van der Waals surface area contributed by atoms with Crippen LogP contribution < -0.4 is 10.2 Å². The van der Waals surface area contributed by atoms with Crippen molar-refractivity contribution in [1.82, 2.24) is 10.3 Å². The van der Waals surface area contributed by atoms with Gasteiger partial charge in [0.15, 0.2) is 0 Å². The van der Waals surface area contributed by atoms with Gasteiger partial charge in [-0.15, -0.1) is 0 Å². The number of hydrogen-bond acceptors (Lipinski definition) is 3. The minimum atomic E-state index is -0.141. The number of carbonyl (C=O) groups is 2. The Morgan fingerprint density at radius 1 is 1.27 bits per heavy atom. The van der Waals surface area contributed by atoms with E-state index in [-0.39, 0.29) is 17.9 Å². The van der Waals surface area contributed by atoms with Gasteiger partial charge in [0, 0.05) is 29.9 Å². The molecule has 2 aliphatic rings. The van der Waals surface area contributed by atoms with E-state index in [0.717, 1.165) is 36.9 Å². The molecule has 0 bridgehead atoms. The number of nitrogens with zero attached hydrogens (tertiary/aromatic N) is 2. The minimum absolute atomic E-state index is 0.0718. The number of hydrogen-bond donors (Lipinski definition) is 1. The molecule has 0 atom stereocenters. The molecule has 0 unspecified atom stereocenters. The maximum absolute atomic E-state index is 12.7. The fourth-order valence-electron chi connectivity index (χ4n) is 4.34. The van der Waals surface area contributed by atoms with Crippen LogP contribution in [0, 0.1) is 12.8 Å². The van der Waals surface area contributed by atoms with Gasteiger partial charge in [0.1, 0.15) is 0 Å². The van der Waals surface area contributed by atoms with Gasteiger partial charge >= 0.3 is 0 Å². The highest BCUT2D eigenvalue weighted by molar-refractivity contribution is 6.40. The second kappa shape index (κ2) is 8.40. The normalized spacial score (nSPS) is 21.0. The molecule has 1 aromatic heterocycles. The number of anilines is 1. The summed E-state index contributed by atoms with van der Waals surface area (Å²) in [6.45, 7) is 6.35. The van der Waals surface area contributed by atoms with Crippen molar-refractivity contribution in [3.63, 3.8) is 0 Å². The van der Waals surface area contributed by atoms with Gasteiger partial charge in [0.25, 0.3) is 11.8 Å². The van der Waals surface area contributed by atoms with Crippen molar-refractivity contribution in [3.8, 4) is 0 Å². The summed E-state index contributed by atoms with van der Waals surface area (Å²) in [6.07, 6.45) is 5.11. The highest BCUT2D eigenvalue weighted by Crippen LogP contribution is 2.42. The number of para-hydroxylation sites is 1. The summed E-state index contributed by atoms with van der Waals surface area (Å²) in [4.78, 5) is 31.2. The van der Waals surface area contributed by atoms with Gasteiger partial charge in [0.2, 0.25) is 0 Å². The third kappa shape index (κ3) is 3.96. The van der Waals surface area contributed by atoms with Crippen LogP contribution in [0.4, 0.5) is 5.69 Å². The molecule has 2 heterocycles. The summed E-state index contributed by atoms with van der Waals surface area (Å²) in [6, 6.07) is 7.29. The number of aromatic nitrogens is 1. The highest BCUT2D eigenvalue weighted by Gasteiger charge is 2.35. The van der Waals surface area contributed by atoms with Gasteiger partial charge in [-0.3, -0.25) is 14.6 Å². The third-order valence-electron chi connectivity index (χ3n) is 6.01. The average Bonchev–Trinajstić information content (AvgIpc) is 2.97. The number of aryl methyl sites for hydroxylation is 1. The molecule has 156 valence electrons. The first-order valence-corrected chi connectivity index (χ1v) is 10.8. The van der Waals surface area contributed by atoms with Crippen LogP contribution in [0.15, 0.2) is 37.0 Å². The SMILES string of the molecule is C=C1C(=O)N(CC2CCC(NC(=O)c3cc(Cl)cnc3C)CC2)c2c(Cl)cccc21. The molecule has 1 N–H and O–H groups in total. The zero-order valence-electron chi connectivity index (χ0n) is 16.8. The van der Waals surface area contributed by atoms with Crippen LogP contribution in [0.25, 0.3) is 5.57 Å². The summed E-state index contributed by atoms with van der Waals surface area (Å²) in [5, 5.41) is 4.13. The number of fused-ring (bicyclic) bond motifs is 1. The Kier molecular flexibility index (Phi) is 5.85. The van der Waals surface area contributed by atoms with Crippen LogP contribution in [-0.4, -0.2) is 29.4 Å². The number of nitrogens with one attached hydrogen (secondary N) is 1. The Bertz CT molecular complexity index is 1030. The molecule has 0 saturated heterocycles. The van der Waals surface area contributed by atoms with E-state index in [9.17, 15) is 9.59 Å². The summed E-state index contributed by atoms with van der Waals surface area (Å²) in [5.41, 5.74) is 3.26. The Balaban J connectivity index is 1.37. The Labute approximate surface area is 186 Å². The number of rotatable bonds is 4. The van der Waals surface area contributed by atoms with Crippen molar-refractivity contribution in [1.29, 1.82) is 0 Å². The maximum Gasteiger partial charge on any atom is 0.258 e. The van der Waals surface area contributed by atoms with Gasteiger partial charge < -0.3 is 10.2 Å². The summed E-state index contributed by atoms with van der Waals surface area (Å²) in [7, 11) is 0. The Hall–Kier alpha value is -2.37. The molecule has 7 heteroatoms. The first-order valence-electron chi connectivity index (χ1n) is 10.1. The van der Waals surface area contributed by atoms with E-state index in [2.05, 4.69) is 16.9 Å². The number of pyridine rings is 1. The molecule has 0 spiro atoms. The summed E-state index contributed by atoms with van der Waals surface area (Å²) in [5.74, 6) is 0.141. The average molecular weight is 444 g/mol. The lowest BCUT2D eigenvalue weighted by atomic mass is 9.85. The van der Waals surface area contributed by atoms with Gasteiger partial charge in [-0.25, -0.2) is 0 Å². The zero-order valence-corrected chi connectivity index (χ0v) is 18.3. The topological polar surface area (TPSA) is 62.3 Å². The smallest absolute Gasteiger partial charge is 0.258 e. The van der Waals surface area contributed by atoms with Crippen molar-refractivity contribution >= 4 is 46.3 Å². The molecule has 30 heavy (non-hydrogen) atoms. The second-order valence-corrected chi connectivity index (χ2v) is 8.85. The van der Waals surface area contributed by atoms with Crippen molar-refractivity contribution in [2.45, 2.75) is 38.6 Å². The van der Waals surface area contributed by atoms with Crippen LogP contribution in [0.5, 0.6) is 0 Å². The van der Waals surface area contributed by atoms with Gasteiger partial charge in [0.05, 0.1) is 27.0 Å². The molecule has 1 saturated carbocycles. The first kappa shape index (κ1) is 20.9. The quantitative estimate of drug-likeness (QED) is 0.672. The molecule has 2 amide bonds. The van der Waals surface area contributed by atoms with Gasteiger partial charge in [-0.2, -0.15) is 0 Å². The number of halogens is 2. The molecule has 1 aliphatic heterocycles. The molecule has 0 radical (unpaired) electrons. The van der Waals surface area contributed by atoms with Crippen LogP contribution in [0.3, 0.4) is 0 Å². The Morgan fingerprint density at radius 3 is 2.73 bits per heavy atom. The molecule has 1 aromatic carbocycles. The molecule has 4 rings (SSSR count). The van der Waals surface area contributed by atoms with Crippen molar-refractivity contribution in [3.05, 3.63) is 63.9 Å². The lowest BCUT2D eigenvalue weighted by Gasteiger charge is -2.32. The fourth-order valence-corrected chi connectivity index (χ4v) is 4.77. The minimum Gasteiger partial charge on any atom is -0.349 e. The largest absolute Gasteiger partial charge is 0.349 e. The lowest BCUT2D eigenvalue weighted by molar-refractivity contribution is -0.113. The first-order chi connectivity index (χ1) is 14.3. The van der Waals surface area contributed by atoms with Crippen LogP contribution >= 0.6 is 23.2 Å². The van der Waals surface area contributed by atoms with Crippen molar-refractivity contribution in [2.24, 2.45) is 5.92 Å². The molecular formula is C23H23Cl2N3O2. The lowest BCUT2D eigenvalue weighted by Crippen LogP contribution is -2.40. The fraction of sp³-hybridized carbons (Fsp3) is 0.348. The third-order valence-corrected chi connectivity index (χ3v) is 6.52. The van der Waals surface area contributed by atoms with E-state index in [1.54, 1.807) is 24.0 Å². The number of benzene rings is 1. The second-order valence-electron chi connectivity index (χ2n) is 8.01. The number of amides is 2. The van der Waals surface area contributed by atoms with Crippen molar-refractivity contribution < 1.29 is 9.59 Å². The van der Waals surface area contributed by atoms with E-state index in [1.165, 1.54) is 6.20 Å². The molecule has 2 aromatic rings. The summed E-state index contributed by atoms with van der Waals surface area (Å²) < 4.78 is 0. The van der Waals surface area contributed by atoms with Gasteiger partial charge in [-0.05, 0) is 50.7 Å².